The second-order valence-corrected chi connectivity index (χ2v) is 6.16. The average molecular weight is 307 g/mol. The van der Waals surface area contributed by atoms with E-state index in [4.69, 9.17) is 14.6 Å². The lowest BCUT2D eigenvalue weighted by atomic mass is 10.0. The Balaban J connectivity index is 1.92. The first-order valence-electron chi connectivity index (χ1n) is 7.80. The largest absolute Gasteiger partial charge is 0.482 e. The Bertz CT molecular complexity index is 472. The van der Waals surface area contributed by atoms with Crippen molar-refractivity contribution in [3.63, 3.8) is 0 Å². The maximum absolute atomic E-state index is 10.5. The number of rotatable bonds is 7. The molecule has 122 valence electrons. The molecular weight excluding hydrogens is 282 g/mol. The maximum Gasteiger partial charge on any atom is 0.341 e. The Morgan fingerprint density at radius 2 is 2.14 bits per heavy atom. The fourth-order valence-corrected chi connectivity index (χ4v) is 2.73. The van der Waals surface area contributed by atoms with Crippen LogP contribution in [0.2, 0.25) is 0 Å². The highest BCUT2D eigenvalue weighted by Gasteiger charge is 2.23. The van der Waals surface area contributed by atoms with E-state index >= 15 is 0 Å². The number of benzene rings is 1. The number of nitrogens with zero attached hydrogens (tertiary/aromatic N) is 1. The van der Waals surface area contributed by atoms with Crippen LogP contribution in [-0.4, -0.2) is 48.4 Å². The zero-order valence-corrected chi connectivity index (χ0v) is 13.3. The highest BCUT2D eigenvalue weighted by Crippen LogP contribution is 2.20. The molecule has 0 spiro atoms. The van der Waals surface area contributed by atoms with Gasteiger partial charge in [0.25, 0.3) is 0 Å². The molecule has 1 aromatic rings. The van der Waals surface area contributed by atoms with E-state index < -0.39 is 5.97 Å². The third-order valence-electron chi connectivity index (χ3n) is 3.76. The molecule has 0 aromatic heterocycles. The van der Waals surface area contributed by atoms with Crippen molar-refractivity contribution in [2.45, 2.75) is 32.9 Å². The van der Waals surface area contributed by atoms with E-state index in [1.165, 1.54) is 5.56 Å². The Hall–Kier alpha value is -1.59. The predicted octanol–water partition coefficient (Wildman–Crippen LogP) is 2.40. The van der Waals surface area contributed by atoms with Crippen molar-refractivity contribution >= 4 is 5.97 Å². The lowest BCUT2D eigenvalue weighted by molar-refractivity contribution is -0.139. The van der Waals surface area contributed by atoms with Gasteiger partial charge in [0.2, 0.25) is 0 Å². The third-order valence-corrected chi connectivity index (χ3v) is 3.76. The van der Waals surface area contributed by atoms with Crippen LogP contribution in [0, 0.1) is 5.92 Å². The first-order valence-corrected chi connectivity index (χ1v) is 7.80. The Morgan fingerprint density at radius 1 is 1.41 bits per heavy atom. The molecule has 1 N–H and O–H groups in total. The predicted molar refractivity (Wildman–Crippen MR) is 84.0 cm³/mol. The summed E-state index contributed by atoms with van der Waals surface area (Å²) in [7, 11) is 0. The molecule has 1 aliphatic heterocycles. The minimum absolute atomic E-state index is 0.306. The highest BCUT2D eigenvalue weighted by atomic mass is 16.5. The SMILES string of the molecule is CC(C)C[C@@H]1COCCN1Cc1ccc(OCC(=O)O)cc1. The molecule has 5 nitrogen and oxygen atoms in total. The molecule has 0 unspecified atom stereocenters. The van der Waals surface area contributed by atoms with Gasteiger partial charge in [-0.3, -0.25) is 4.90 Å². The van der Waals surface area contributed by atoms with Crippen molar-refractivity contribution in [2.24, 2.45) is 5.92 Å². The van der Waals surface area contributed by atoms with Crippen LogP contribution < -0.4 is 4.74 Å². The number of carboxylic acid groups (broad SMARTS) is 1. The van der Waals surface area contributed by atoms with Crippen LogP contribution in [0.5, 0.6) is 5.75 Å². The zero-order chi connectivity index (χ0) is 15.9. The topological polar surface area (TPSA) is 59.0 Å². The molecule has 1 heterocycles. The fourth-order valence-electron chi connectivity index (χ4n) is 2.73. The van der Waals surface area contributed by atoms with E-state index in [1.54, 1.807) is 0 Å². The summed E-state index contributed by atoms with van der Waals surface area (Å²) < 4.78 is 10.8. The molecule has 22 heavy (non-hydrogen) atoms. The first-order chi connectivity index (χ1) is 10.5. The van der Waals surface area contributed by atoms with Crippen LogP contribution in [-0.2, 0) is 16.1 Å². The van der Waals surface area contributed by atoms with Gasteiger partial charge in [-0.15, -0.1) is 0 Å². The van der Waals surface area contributed by atoms with Gasteiger partial charge in [0.05, 0.1) is 13.2 Å². The Kier molecular flexibility index (Phi) is 6.21. The summed E-state index contributed by atoms with van der Waals surface area (Å²) in [6, 6.07) is 8.13. The molecule has 1 fully saturated rings. The molecule has 0 aliphatic carbocycles. The standard InChI is InChI=1S/C17H25NO4/c1-13(2)9-15-11-21-8-7-18(15)10-14-3-5-16(6-4-14)22-12-17(19)20/h3-6,13,15H,7-12H2,1-2H3,(H,19,20)/t15-/m1/s1. The molecule has 0 saturated carbocycles. The van der Waals surface area contributed by atoms with Crippen molar-refractivity contribution in [1.29, 1.82) is 0 Å². The van der Waals surface area contributed by atoms with Crippen LogP contribution in [0.25, 0.3) is 0 Å². The molecule has 1 aliphatic rings. The second-order valence-electron chi connectivity index (χ2n) is 6.16. The van der Waals surface area contributed by atoms with Gasteiger partial charge in [0.1, 0.15) is 5.75 Å². The number of ether oxygens (including phenoxy) is 2. The zero-order valence-electron chi connectivity index (χ0n) is 13.3. The molecule has 2 rings (SSSR count). The number of carboxylic acids is 1. The maximum atomic E-state index is 10.5. The number of morpholine rings is 1. The number of hydrogen-bond acceptors (Lipinski definition) is 4. The lowest BCUT2D eigenvalue weighted by Crippen LogP contribution is -2.45. The Labute approximate surface area is 131 Å². The van der Waals surface area contributed by atoms with Gasteiger partial charge in [-0.05, 0) is 30.0 Å². The second kappa shape index (κ2) is 8.15. The van der Waals surface area contributed by atoms with E-state index in [1.807, 2.05) is 24.3 Å². The minimum atomic E-state index is -0.964. The van der Waals surface area contributed by atoms with Gasteiger partial charge in [0.15, 0.2) is 6.61 Å². The molecular formula is C17H25NO4. The molecule has 5 heteroatoms. The summed E-state index contributed by atoms with van der Waals surface area (Å²) in [4.78, 5) is 13.0. The van der Waals surface area contributed by atoms with Crippen molar-refractivity contribution in [1.82, 2.24) is 4.90 Å². The first kappa shape index (κ1) is 16.8. The number of hydrogen-bond donors (Lipinski definition) is 1. The van der Waals surface area contributed by atoms with Crippen molar-refractivity contribution in [2.75, 3.05) is 26.4 Å². The van der Waals surface area contributed by atoms with Crippen LogP contribution in [0.3, 0.4) is 0 Å². The van der Waals surface area contributed by atoms with Crippen LogP contribution in [0.4, 0.5) is 0 Å². The van der Waals surface area contributed by atoms with E-state index in [2.05, 4.69) is 18.7 Å². The van der Waals surface area contributed by atoms with Gasteiger partial charge < -0.3 is 14.6 Å². The molecule has 0 radical (unpaired) electrons. The van der Waals surface area contributed by atoms with Crippen LogP contribution >= 0.6 is 0 Å². The summed E-state index contributed by atoms with van der Waals surface area (Å²) in [5, 5.41) is 8.60. The van der Waals surface area contributed by atoms with Crippen molar-refractivity contribution in [3.05, 3.63) is 29.8 Å². The molecule has 0 amide bonds. The van der Waals surface area contributed by atoms with E-state index in [0.717, 1.165) is 32.7 Å². The molecule has 1 aromatic carbocycles. The number of aliphatic carboxylic acids is 1. The summed E-state index contributed by atoms with van der Waals surface area (Å²) in [5.74, 6) is 0.279. The average Bonchev–Trinajstić information content (AvgIpc) is 2.48. The lowest BCUT2D eigenvalue weighted by Gasteiger charge is -2.36. The highest BCUT2D eigenvalue weighted by molar-refractivity contribution is 5.68. The smallest absolute Gasteiger partial charge is 0.341 e. The van der Waals surface area contributed by atoms with Gasteiger partial charge >= 0.3 is 5.97 Å². The van der Waals surface area contributed by atoms with Crippen LogP contribution in [0.1, 0.15) is 25.8 Å². The number of carbonyl (C=O) groups is 1. The van der Waals surface area contributed by atoms with Gasteiger partial charge in [0, 0.05) is 19.1 Å². The molecule has 0 bridgehead atoms. The third kappa shape index (κ3) is 5.31. The van der Waals surface area contributed by atoms with Gasteiger partial charge in [-0.2, -0.15) is 0 Å². The monoisotopic (exact) mass is 307 g/mol. The quantitative estimate of drug-likeness (QED) is 0.838. The normalized spacial score (nSPS) is 19.3. The fraction of sp³-hybridized carbons (Fsp3) is 0.588. The summed E-state index contributed by atoms with van der Waals surface area (Å²) in [5.41, 5.74) is 1.21. The van der Waals surface area contributed by atoms with Crippen LogP contribution in [0.15, 0.2) is 24.3 Å². The van der Waals surface area contributed by atoms with E-state index in [-0.39, 0.29) is 6.61 Å². The van der Waals surface area contributed by atoms with E-state index in [9.17, 15) is 4.79 Å². The van der Waals surface area contributed by atoms with Crippen molar-refractivity contribution in [3.8, 4) is 5.75 Å². The van der Waals surface area contributed by atoms with Crippen molar-refractivity contribution < 1.29 is 19.4 Å². The Morgan fingerprint density at radius 3 is 2.77 bits per heavy atom. The summed E-state index contributed by atoms with van der Waals surface area (Å²) >= 11 is 0. The minimum Gasteiger partial charge on any atom is -0.482 e. The molecule has 1 saturated heterocycles. The summed E-state index contributed by atoms with van der Waals surface area (Å²) in [6.07, 6.45) is 1.14. The van der Waals surface area contributed by atoms with Gasteiger partial charge in [-0.25, -0.2) is 4.79 Å². The molecule has 1 atom stereocenters. The summed E-state index contributed by atoms with van der Waals surface area (Å²) in [6.45, 7) is 7.60. The van der Waals surface area contributed by atoms with E-state index in [0.29, 0.717) is 17.7 Å². The van der Waals surface area contributed by atoms with Gasteiger partial charge in [-0.1, -0.05) is 26.0 Å².